The van der Waals surface area contributed by atoms with Gasteiger partial charge in [0.15, 0.2) is 6.61 Å². The van der Waals surface area contributed by atoms with Gasteiger partial charge in [-0.25, -0.2) is 9.97 Å². The van der Waals surface area contributed by atoms with Crippen molar-refractivity contribution in [2.24, 2.45) is 0 Å². The number of amides is 1. The first-order valence-corrected chi connectivity index (χ1v) is 10.1. The summed E-state index contributed by atoms with van der Waals surface area (Å²) in [6.45, 7) is 0.704. The fourth-order valence-electron chi connectivity index (χ4n) is 3.70. The van der Waals surface area contributed by atoms with Gasteiger partial charge < -0.3 is 14.5 Å². The third-order valence-corrected chi connectivity index (χ3v) is 5.19. The fraction of sp³-hybridized carbons (Fsp3) is 0.304. The average molecular weight is 403 g/mol. The van der Waals surface area contributed by atoms with Crippen molar-refractivity contribution < 1.29 is 9.53 Å². The number of para-hydroxylation sites is 1. The number of ether oxygens (including phenoxy) is 1. The second-order valence-corrected chi connectivity index (χ2v) is 7.45. The van der Waals surface area contributed by atoms with Crippen LogP contribution in [0.15, 0.2) is 61.1 Å². The topological polar surface area (TPSA) is 71.5 Å². The second kappa shape index (κ2) is 8.90. The number of rotatable bonds is 6. The second-order valence-electron chi connectivity index (χ2n) is 7.45. The molecule has 1 saturated heterocycles. The number of nitrogens with zero attached hydrogens (tertiary/aromatic N) is 5. The van der Waals surface area contributed by atoms with E-state index in [1.54, 1.807) is 12.4 Å². The molecule has 3 aromatic rings. The molecule has 1 fully saturated rings. The summed E-state index contributed by atoms with van der Waals surface area (Å²) in [7, 11) is 3.83. The Bertz CT molecular complexity index is 995. The Labute approximate surface area is 176 Å². The van der Waals surface area contributed by atoms with Gasteiger partial charge in [0.05, 0.1) is 11.7 Å². The summed E-state index contributed by atoms with van der Waals surface area (Å²) in [5, 5.41) is 0. The van der Waals surface area contributed by atoms with Crippen molar-refractivity contribution in [3.63, 3.8) is 0 Å². The lowest BCUT2D eigenvalue weighted by Gasteiger charge is -2.27. The Hall–Kier alpha value is -3.48. The average Bonchev–Trinajstić information content (AvgIpc) is 3.28. The number of anilines is 1. The minimum absolute atomic E-state index is 0.0106. The van der Waals surface area contributed by atoms with Gasteiger partial charge in [-0.2, -0.15) is 0 Å². The van der Waals surface area contributed by atoms with E-state index in [0.717, 1.165) is 29.7 Å². The third-order valence-electron chi connectivity index (χ3n) is 5.19. The Kier molecular flexibility index (Phi) is 5.88. The van der Waals surface area contributed by atoms with Crippen molar-refractivity contribution in [2.75, 3.05) is 32.1 Å². The monoisotopic (exact) mass is 403 g/mol. The van der Waals surface area contributed by atoms with Gasteiger partial charge in [0.25, 0.3) is 5.91 Å². The molecular formula is C23H25N5O2. The van der Waals surface area contributed by atoms with Crippen LogP contribution in [-0.4, -0.2) is 53.0 Å². The van der Waals surface area contributed by atoms with Gasteiger partial charge >= 0.3 is 0 Å². The standard InChI is InChI=1S/C23H25N5O2/c1-27(2)23-25-15-19(17-10-12-24-13-11-17)22(26-23)20-9-6-14-28(20)21(29)16-30-18-7-4-3-5-8-18/h3-5,7-8,10-13,15,20H,6,9,14,16H2,1-2H3. The van der Waals surface area contributed by atoms with Crippen LogP contribution >= 0.6 is 0 Å². The van der Waals surface area contributed by atoms with Gasteiger partial charge in [-0.15, -0.1) is 0 Å². The molecule has 7 heteroatoms. The quantitative estimate of drug-likeness (QED) is 0.629. The first-order chi connectivity index (χ1) is 14.6. The Morgan fingerprint density at radius 2 is 1.93 bits per heavy atom. The summed E-state index contributed by atoms with van der Waals surface area (Å²) in [5.41, 5.74) is 2.78. The molecule has 4 rings (SSSR count). The number of carbonyl (C=O) groups is 1. The molecule has 1 aromatic carbocycles. The zero-order valence-electron chi connectivity index (χ0n) is 17.2. The van der Waals surface area contributed by atoms with Crippen LogP contribution in [0.25, 0.3) is 11.1 Å². The van der Waals surface area contributed by atoms with Crippen LogP contribution in [0.5, 0.6) is 5.75 Å². The minimum atomic E-state index is -0.110. The van der Waals surface area contributed by atoms with Crippen molar-refractivity contribution in [3.8, 4) is 16.9 Å². The first kappa shape index (κ1) is 19.8. The van der Waals surface area contributed by atoms with Crippen LogP contribution in [0.4, 0.5) is 5.95 Å². The number of benzene rings is 1. The van der Waals surface area contributed by atoms with E-state index in [1.165, 1.54) is 0 Å². The van der Waals surface area contributed by atoms with Gasteiger partial charge in [-0.3, -0.25) is 9.78 Å². The summed E-state index contributed by atoms with van der Waals surface area (Å²) in [6, 6.07) is 13.2. The predicted molar refractivity (Wildman–Crippen MR) is 115 cm³/mol. The van der Waals surface area contributed by atoms with E-state index >= 15 is 0 Å². The van der Waals surface area contributed by atoms with Gasteiger partial charge in [0.1, 0.15) is 5.75 Å². The summed E-state index contributed by atoms with van der Waals surface area (Å²) >= 11 is 0. The molecule has 0 aliphatic carbocycles. The molecule has 1 amide bonds. The molecule has 0 saturated carbocycles. The molecule has 1 unspecified atom stereocenters. The Morgan fingerprint density at radius 1 is 1.17 bits per heavy atom. The minimum Gasteiger partial charge on any atom is -0.484 e. The normalized spacial score (nSPS) is 15.8. The van der Waals surface area contributed by atoms with Crippen molar-refractivity contribution in [2.45, 2.75) is 18.9 Å². The van der Waals surface area contributed by atoms with E-state index in [1.807, 2.05) is 72.6 Å². The Morgan fingerprint density at radius 3 is 2.67 bits per heavy atom. The number of hydrogen-bond donors (Lipinski definition) is 0. The highest BCUT2D eigenvalue weighted by atomic mass is 16.5. The van der Waals surface area contributed by atoms with Crippen LogP contribution in [0.1, 0.15) is 24.6 Å². The molecule has 0 N–H and O–H groups in total. The molecule has 30 heavy (non-hydrogen) atoms. The summed E-state index contributed by atoms with van der Waals surface area (Å²) in [4.78, 5) is 30.2. The zero-order chi connectivity index (χ0) is 20.9. The van der Waals surface area contributed by atoms with Crippen LogP contribution in [0.3, 0.4) is 0 Å². The molecule has 0 radical (unpaired) electrons. The van der Waals surface area contributed by atoms with Crippen LogP contribution < -0.4 is 9.64 Å². The molecule has 1 aliphatic rings. The molecule has 154 valence electrons. The summed E-state index contributed by atoms with van der Waals surface area (Å²) < 4.78 is 5.70. The first-order valence-electron chi connectivity index (χ1n) is 10.1. The SMILES string of the molecule is CN(C)c1ncc(-c2ccncc2)c(C2CCCN2C(=O)COc2ccccc2)n1. The number of likely N-dealkylation sites (tertiary alicyclic amines) is 1. The largest absolute Gasteiger partial charge is 0.484 e. The lowest BCUT2D eigenvalue weighted by atomic mass is 10.0. The summed E-state index contributed by atoms with van der Waals surface area (Å²) in [5.74, 6) is 1.28. The van der Waals surface area contributed by atoms with E-state index in [4.69, 9.17) is 9.72 Å². The van der Waals surface area contributed by atoms with Crippen LogP contribution in [0, 0.1) is 0 Å². The fourth-order valence-corrected chi connectivity index (χ4v) is 3.70. The molecule has 0 bridgehead atoms. The molecule has 1 atom stereocenters. The van der Waals surface area contributed by atoms with Crippen molar-refractivity contribution >= 4 is 11.9 Å². The maximum absolute atomic E-state index is 13.0. The van der Waals surface area contributed by atoms with Crippen LogP contribution in [0.2, 0.25) is 0 Å². The van der Waals surface area contributed by atoms with E-state index < -0.39 is 0 Å². The van der Waals surface area contributed by atoms with Crippen molar-refractivity contribution in [1.29, 1.82) is 0 Å². The molecule has 2 aromatic heterocycles. The molecular weight excluding hydrogens is 378 g/mol. The lowest BCUT2D eigenvalue weighted by molar-refractivity contribution is -0.134. The highest BCUT2D eigenvalue weighted by Gasteiger charge is 2.33. The number of hydrogen-bond acceptors (Lipinski definition) is 6. The van der Waals surface area contributed by atoms with E-state index in [0.29, 0.717) is 18.2 Å². The maximum Gasteiger partial charge on any atom is 0.261 e. The number of aromatic nitrogens is 3. The predicted octanol–water partition coefficient (Wildman–Crippen LogP) is 3.35. The Balaban J connectivity index is 1.62. The lowest BCUT2D eigenvalue weighted by Crippen LogP contribution is -2.35. The van der Waals surface area contributed by atoms with Gasteiger partial charge in [0.2, 0.25) is 5.95 Å². The maximum atomic E-state index is 13.0. The highest BCUT2D eigenvalue weighted by Crippen LogP contribution is 2.37. The number of carbonyl (C=O) groups excluding carboxylic acids is 1. The van der Waals surface area contributed by atoms with Gasteiger partial charge in [0, 0.05) is 44.8 Å². The molecule has 7 nitrogen and oxygen atoms in total. The van der Waals surface area contributed by atoms with Gasteiger partial charge in [-0.1, -0.05) is 18.2 Å². The number of pyridine rings is 1. The van der Waals surface area contributed by atoms with Gasteiger partial charge in [-0.05, 0) is 42.7 Å². The van der Waals surface area contributed by atoms with Crippen molar-refractivity contribution in [1.82, 2.24) is 19.9 Å². The van der Waals surface area contributed by atoms with E-state index in [-0.39, 0.29) is 18.6 Å². The third kappa shape index (κ3) is 4.25. The highest BCUT2D eigenvalue weighted by molar-refractivity contribution is 5.79. The summed E-state index contributed by atoms with van der Waals surface area (Å²) in [6.07, 6.45) is 7.14. The van der Waals surface area contributed by atoms with Crippen molar-refractivity contribution in [3.05, 3.63) is 66.7 Å². The van der Waals surface area contributed by atoms with E-state index in [9.17, 15) is 4.79 Å². The molecule has 3 heterocycles. The smallest absolute Gasteiger partial charge is 0.261 e. The van der Waals surface area contributed by atoms with Crippen LogP contribution in [-0.2, 0) is 4.79 Å². The molecule has 1 aliphatic heterocycles. The zero-order valence-corrected chi connectivity index (χ0v) is 17.2. The van der Waals surface area contributed by atoms with E-state index in [2.05, 4.69) is 9.97 Å². The molecule has 0 spiro atoms.